The van der Waals surface area contributed by atoms with Gasteiger partial charge in [0.25, 0.3) is 0 Å². The van der Waals surface area contributed by atoms with E-state index in [4.69, 9.17) is 21.1 Å². The molecule has 1 N–H and O–H groups in total. The van der Waals surface area contributed by atoms with Gasteiger partial charge in [-0.25, -0.2) is 4.79 Å². The van der Waals surface area contributed by atoms with Crippen molar-refractivity contribution in [3.05, 3.63) is 63.2 Å². The number of carbonyl (C=O) groups excluding carboxylic acids is 1. The summed E-state index contributed by atoms with van der Waals surface area (Å²) in [5.41, 5.74) is 6.23. The van der Waals surface area contributed by atoms with Crippen molar-refractivity contribution < 1.29 is 14.3 Å². The van der Waals surface area contributed by atoms with Gasteiger partial charge < -0.3 is 14.8 Å². The average Bonchev–Trinajstić information content (AvgIpc) is 2.67. The average molecular weight is 386 g/mol. The van der Waals surface area contributed by atoms with Crippen LogP contribution in [0.1, 0.15) is 57.6 Å². The van der Waals surface area contributed by atoms with Gasteiger partial charge in [-0.2, -0.15) is 0 Å². The third-order valence-electron chi connectivity index (χ3n) is 5.75. The van der Waals surface area contributed by atoms with Crippen molar-refractivity contribution in [2.45, 2.75) is 38.8 Å². The van der Waals surface area contributed by atoms with Gasteiger partial charge in [-0.05, 0) is 73.7 Å². The quantitative estimate of drug-likeness (QED) is 0.705. The summed E-state index contributed by atoms with van der Waals surface area (Å²) in [6, 6.07) is 9.94. The summed E-state index contributed by atoms with van der Waals surface area (Å²) in [6.07, 6.45) is 2.18. The number of anilines is 1. The minimum absolute atomic E-state index is 0.0396. The fraction of sp³-hybridized carbons (Fsp3) is 0.409. The van der Waals surface area contributed by atoms with Crippen molar-refractivity contribution in [2.75, 3.05) is 19.0 Å². The SMILES string of the molecule is COC(=O)c1cc(C)c([C@H]2Nc3ccc(Cl)cc3[C@@H]3OCCC[C@H]23)c(C)c1. The molecule has 2 aliphatic heterocycles. The predicted molar refractivity (Wildman–Crippen MR) is 106 cm³/mol. The lowest BCUT2D eigenvalue weighted by molar-refractivity contribution is -0.0382. The first-order valence-corrected chi connectivity index (χ1v) is 9.74. The van der Waals surface area contributed by atoms with E-state index >= 15 is 0 Å². The van der Waals surface area contributed by atoms with E-state index in [-0.39, 0.29) is 18.1 Å². The van der Waals surface area contributed by atoms with E-state index in [9.17, 15) is 4.79 Å². The van der Waals surface area contributed by atoms with Gasteiger partial charge in [-0.3, -0.25) is 0 Å². The molecule has 2 aromatic rings. The van der Waals surface area contributed by atoms with Crippen LogP contribution in [0.2, 0.25) is 5.02 Å². The third kappa shape index (κ3) is 3.21. The van der Waals surface area contributed by atoms with E-state index in [2.05, 4.69) is 19.2 Å². The molecule has 4 nitrogen and oxygen atoms in total. The van der Waals surface area contributed by atoms with Crippen LogP contribution in [0, 0.1) is 19.8 Å². The fourth-order valence-electron chi connectivity index (χ4n) is 4.63. The zero-order valence-electron chi connectivity index (χ0n) is 15.8. The number of rotatable bonds is 2. The highest BCUT2D eigenvalue weighted by Gasteiger charge is 2.40. The van der Waals surface area contributed by atoms with Crippen molar-refractivity contribution in [3.63, 3.8) is 0 Å². The zero-order chi connectivity index (χ0) is 19.1. The van der Waals surface area contributed by atoms with Crippen LogP contribution in [-0.2, 0) is 9.47 Å². The Morgan fingerprint density at radius 1 is 1.22 bits per heavy atom. The second kappa shape index (κ2) is 7.17. The Balaban J connectivity index is 1.79. The van der Waals surface area contributed by atoms with E-state index in [1.807, 2.05) is 30.3 Å². The maximum absolute atomic E-state index is 12.0. The first-order valence-electron chi connectivity index (χ1n) is 9.36. The first kappa shape index (κ1) is 18.3. The molecule has 5 heteroatoms. The molecule has 142 valence electrons. The number of nitrogens with one attached hydrogen (secondary N) is 1. The molecule has 0 unspecified atom stereocenters. The van der Waals surface area contributed by atoms with Crippen molar-refractivity contribution in [3.8, 4) is 0 Å². The number of fused-ring (bicyclic) bond motifs is 3. The molecular formula is C22H24ClNO3. The zero-order valence-corrected chi connectivity index (χ0v) is 16.6. The highest BCUT2D eigenvalue weighted by molar-refractivity contribution is 6.30. The van der Waals surface area contributed by atoms with Crippen LogP contribution in [0.5, 0.6) is 0 Å². The maximum Gasteiger partial charge on any atom is 0.337 e. The molecular weight excluding hydrogens is 362 g/mol. The summed E-state index contributed by atoms with van der Waals surface area (Å²) in [7, 11) is 1.41. The number of methoxy groups -OCH3 is 1. The van der Waals surface area contributed by atoms with E-state index in [1.54, 1.807) is 0 Å². The lowest BCUT2D eigenvalue weighted by atomic mass is 9.75. The lowest BCUT2D eigenvalue weighted by Gasteiger charge is -2.44. The highest BCUT2D eigenvalue weighted by Crippen LogP contribution is 2.50. The number of aryl methyl sites for hydroxylation is 2. The molecule has 0 saturated carbocycles. The topological polar surface area (TPSA) is 47.6 Å². The van der Waals surface area contributed by atoms with Gasteiger partial charge in [-0.1, -0.05) is 11.6 Å². The number of benzene rings is 2. The normalized spacial score (nSPS) is 23.8. The molecule has 0 aliphatic carbocycles. The third-order valence-corrected chi connectivity index (χ3v) is 5.99. The Hall–Kier alpha value is -2.04. The summed E-state index contributed by atoms with van der Waals surface area (Å²) in [5.74, 6) is 0.0225. The molecule has 2 aromatic carbocycles. The van der Waals surface area contributed by atoms with Crippen LogP contribution in [0.25, 0.3) is 0 Å². The van der Waals surface area contributed by atoms with Gasteiger partial charge in [0, 0.05) is 28.8 Å². The highest BCUT2D eigenvalue weighted by atomic mass is 35.5. The summed E-state index contributed by atoms with van der Waals surface area (Å²) in [6.45, 7) is 4.90. The Kier molecular flexibility index (Phi) is 4.87. The van der Waals surface area contributed by atoms with Crippen molar-refractivity contribution in [1.82, 2.24) is 0 Å². The Morgan fingerprint density at radius 2 is 1.96 bits per heavy atom. The molecule has 27 heavy (non-hydrogen) atoms. The van der Waals surface area contributed by atoms with E-state index in [0.717, 1.165) is 46.8 Å². The minimum atomic E-state index is -0.303. The van der Waals surface area contributed by atoms with Gasteiger partial charge in [0.2, 0.25) is 0 Å². The monoisotopic (exact) mass is 385 g/mol. The van der Waals surface area contributed by atoms with E-state index < -0.39 is 0 Å². The molecule has 2 heterocycles. The van der Waals surface area contributed by atoms with Gasteiger partial charge in [-0.15, -0.1) is 0 Å². The van der Waals surface area contributed by atoms with Crippen molar-refractivity contribution in [1.29, 1.82) is 0 Å². The number of halogens is 1. The Labute approximate surface area is 164 Å². The number of ether oxygens (including phenoxy) is 2. The second-order valence-corrected chi connectivity index (χ2v) is 7.90. The summed E-state index contributed by atoms with van der Waals surface area (Å²) in [5, 5.41) is 4.46. The summed E-state index contributed by atoms with van der Waals surface area (Å²) in [4.78, 5) is 12.0. The molecule has 0 aromatic heterocycles. The number of hydrogen-bond donors (Lipinski definition) is 1. The number of esters is 1. The first-order chi connectivity index (χ1) is 13.0. The molecule has 2 aliphatic rings. The molecule has 0 bridgehead atoms. The second-order valence-electron chi connectivity index (χ2n) is 7.47. The summed E-state index contributed by atoms with van der Waals surface area (Å²) < 4.78 is 11.1. The van der Waals surface area contributed by atoms with Gasteiger partial charge in [0.1, 0.15) is 0 Å². The van der Waals surface area contributed by atoms with Gasteiger partial charge in [0.05, 0.1) is 24.8 Å². The Morgan fingerprint density at radius 3 is 2.67 bits per heavy atom. The minimum Gasteiger partial charge on any atom is -0.465 e. The summed E-state index contributed by atoms with van der Waals surface area (Å²) >= 11 is 6.25. The van der Waals surface area contributed by atoms with E-state index in [0.29, 0.717) is 11.5 Å². The van der Waals surface area contributed by atoms with Crippen LogP contribution in [-0.4, -0.2) is 19.7 Å². The lowest BCUT2D eigenvalue weighted by Crippen LogP contribution is -2.36. The number of carbonyl (C=O) groups is 1. The Bertz CT molecular complexity index is 872. The number of hydrogen-bond acceptors (Lipinski definition) is 4. The maximum atomic E-state index is 12.0. The molecule has 3 atom stereocenters. The molecule has 0 radical (unpaired) electrons. The largest absolute Gasteiger partial charge is 0.465 e. The van der Waals surface area contributed by atoms with Crippen LogP contribution in [0.3, 0.4) is 0 Å². The van der Waals surface area contributed by atoms with Crippen molar-refractivity contribution in [2.24, 2.45) is 5.92 Å². The van der Waals surface area contributed by atoms with Crippen LogP contribution >= 0.6 is 11.6 Å². The smallest absolute Gasteiger partial charge is 0.337 e. The molecule has 1 fully saturated rings. The standard InChI is InChI=1S/C22H24ClNO3/c1-12-9-14(22(25)26-3)10-13(2)19(12)20-16-5-4-8-27-21(16)17-11-15(23)6-7-18(17)24-20/h6-7,9-11,16,20-21,24H,4-5,8H2,1-3H3/t16-,20+,21-/m1/s1. The van der Waals surface area contributed by atoms with Gasteiger partial charge >= 0.3 is 5.97 Å². The van der Waals surface area contributed by atoms with Crippen LogP contribution in [0.15, 0.2) is 30.3 Å². The molecule has 0 amide bonds. The van der Waals surface area contributed by atoms with Crippen LogP contribution < -0.4 is 5.32 Å². The van der Waals surface area contributed by atoms with E-state index in [1.165, 1.54) is 12.7 Å². The molecule has 0 spiro atoms. The van der Waals surface area contributed by atoms with Crippen molar-refractivity contribution >= 4 is 23.3 Å². The predicted octanol–water partition coefficient (Wildman–Crippen LogP) is 5.38. The molecule has 1 saturated heterocycles. The van der Waals surface area contributed by atoms with Crippen LogP contribution in [0.4, 0.5) is 5.69 Å². The fourth-order valence-corrected chi connectivity index (χ4v) is 4.81. The molecule has 4 rings (SSSR count). The van der Waals surface area contributed by atoms with Gasteiger partial charge in [0.15, 0.2) is 0 Å².